The minimum absolute atomic E-state index is 0.117. The SMILES string of the molecule is CCn1c(=O)n(CC(O)COCc2ccccc2Cl)c2ccccc21. The van der Waals surface area contributed by atoms with Crippen molar-refractivity contribution in [1.82, 2.24) is 9.13 Å². The van der Waals surface area contributed by atoms with Crippen molar-refractivity contribution in [2.75, 3.05) is 6.61 Å². The maximum Gasteiger partial charge on any atom is 0.329 e. The molecule has 0 amide bonds. The molecule has 1 atom stereocenters. The Bertz CT molecular complexity index is 916. The molecule has 0 bridgehead atoms. The van der Waals surface area contributed by atoms with Gasteiger partial charge in [-0.15, -0.1) is 0 Å². The third kappa shape index (κ3) is 3.79. The molecule has 5 nitrogen and oxygen atoms in total. The van der Waals surface area contributed by atoms with Crippen molar-refractivity contribution in [2.24, 2.45) is 0 Å². The summed E-state index contributed by atoms with van der Waals surface area (Å²) in [4.78, 5) is 12.6. The van der Waals surface area contributed by atoms with Crippen LogP contribution in [0.2, 0.25) is 5.02 Å². The van der Waals surface area contributed by atoms with Gasteiger partial charge in [0.1, 0.15) is 0 Å². The van der Waals surface area contributed by atoms with Gasteiger partial charge >= 0.3 is 5.69 Å². The van der Waals surface area contributed by atoms with Crippen LogP contribution in [0.1, 0.15) is 12.5 Å². The molecule has 6 heteroatoms. The predicted octanol–water partition coefficient (Wildman–Crippen LogP) is 3.05. The van der Waals surface area contributed by atoms with Gasteiger partial charge in [0.25, 0.3) is 0 Å². The van der Waals surface area contributed by atoms with Crippen LogP contribution in [0.4, 0.5) is 0 Å². The zero-order chi connectivity index (χ0) is 17.8. The van der Waals surface area contributed by atoms with Crippen molar-refractivity contribution in [3.63, 3.8) is 0 Å². The van der Waals surface area contributed by atoms with Gasteiger partial charge in [0.05, 0.1) is 36.9 Å². The highest BCUT2D eigenvalue weighted by Gasteiger charge is 2.15. The van der Waals surface area contributed by atoms with Crippen molar-refractivity contribution in [1.29, 1.82) is 0 Å². The van der Waals surface area contributed by atoms with Gasteiger partial charge in [-0.3, -0.25) is 9.13 Å². The molecule has 1 aromatic heterocycles. The number of rotatable bonds is 7. The second-order valence-electron chi connectivity index (χ2n) is 5.89. The molecular weight excluding hydrogens is 340 g/mol. The highest BCUT2D eigenvalue weighted by molar-refractivity contribution is 6.31. The third-order valence-corrected chi connectivity index (χ3v) is 4.53. The summed E-state index contributed by atoms with van der Waals surface area (Å²) < 4.78 is 8.86. The normalized spacial score (nSPS) is 12.6. The number of fused-ring (bicyclic) bond motifs is 1. The van der Waals surface area contributed by atoms with Crippen LogP contribution in [-0.2, 0) is 24.4 Å². The number of aliphatic hydroxyl groups is 1. The lowest BCUT2D eigenvalue weighted by atomic mass is 10.2. The van der Waals surface area contributed by atoms with Crippen LogP contribution in [0.3, 0.4) is 0 Å². The van der Waals surface area contributed by atoms with Crippen LogP contribution < -0.4 is 5.69 Å². The molecule has 0 aliphatic rings. The van der Waals surface area contributed by atoms with Crippen molar-refractivity contribution >= 4 is 22.6 Å². The van der Waals surface area contributed by atoms with E-state index < -0.39 is 6.10 Å². The molecule has 25 heavy (non-hydrogen) atoms. The Morgan fingerprint density at radius 2 is 1.72 bits per heavy atom. The molecule has 0 saturated heterocycles. The molecule has 2 aromatic carbocycles. The average Bonchev–Trinajstić information content (AvgIpc) is 2.88. The van der Waals surface area contributed by atoms with E-state index in [1.54, 1.807) is 15.2 Å². The maximum atomic E-state index is 12.6. The van der Waals surface area contributed by atoms with E-state index in [0.29, 0.717) is 18.2 Å². The summed E-state index contributed by atoms with van der Waals surface area (Å²) in [5.74, 6) is 0. The zero-order valence-corrected chi connectivity index (χ0v) is 14.8. The number of hydrogen-bond acceptors (Lipinski definition) is 3. The summed E-state index contributed by atoms with van der Waals surface area (Å²) in [5, 5.41) is 10.9. The average molecular weight is 361 g/mol. The van der Waals surface area contributed by atoms with Crippen LogP contribution in [0, 0.1) is 0 Å². The number of aliphatic hydroxyl groups excluding tert-OH is 1. The molecule has 132 valence electrons. The van der Waals surface area contributed by atoms with Gasteiger partial charge in [-0.05, 0) is 30.7 Å². The summed E-state index contributed by atoms with van der Waals surface area (Å²) >= 11 is 6.08. The lowest BCUT2D eigenvalue weighted by Gasteiger charge is -2.13. The van der Waals surface area contributed by atoms with E-state index in [-0.39, 0.29) is 18.8 Å². The molecule has 0 aliphatic heterocycles. The lowest BCUT2D eigenvalue weighted by Crippen LogP contribution is -2.30. The van der Waals surface area contributed by atoms with E-state index in [4.69, 9.17) is 16.3 Å². The van der Waals surface area contributed by atoms with Gasteiger partial charge in [-0.1, -0.05) is 41.9 Å². The smallest absolute Gasteiger partial charge is 0.329 e. The van der Waals surface area contributed by atoms with E-state index in [1.165, 1.54) is 0 Å². The van der Waals surface area contributed by atoms with Crippen molar-refractivity contribution in [3.05, 3.63) is 69.6 Å². The summed E-state index contributed by atoms with van der Waals surface area (Å²) in [5.41, 5.74) is 2.45. The first-order valence-corrected chi connectivity index (χ1v) is 8.67. The first kappa shape index (κ1) is 17.7. The number of hydrogen-bond donors (Lipinski definition) is 1. The van der Waals surface area contributed by atoms with Crippen molar-refractivity contribution < 1.29 is 9.84 Å². The molecule has 3 rings (SSSR count). The summed E-state index contributed by atoms with van der Waals surface area (Å²) in [6.45, 7) is 3.16. The van der Waals surface area contributed by atoms with E-state index in [2.05, 4.69) is 0 Å². The van der Waals surface area contributed by atoms with Crippen LogP contribution >= 0.6 is 11.6 Å². The van der Waals surface area contributed by atoms with E-state index in [1.807, 2.05) is 49.4 Å². The summed E-state index contributed by atoms with van der Waals surface area (Å²) in [6.07, 6.45) is -0.781. The van der Waals surface area contributed by atoms with Gasteiger partial charge in [0.15, 0.2) is 0 Å². The van der Waals surface area contributed by atoms with Gasteiger partial charge < -0.3 is 9.84 Å². The fraction of sp³-hybridized carbons (Fsp3) is 0.316. The molecular formula is C19H21ClN2O3. The molecule has 1 heterocycles. The van der Waals surface area contributed by atoms with Crippen LogP contribution in [0.15, 0.2) is 53.3 Å². The fourth-order valence-corrected chi connectivity index (χ4v) is 3.13. The molecule has 1 N–H and O–H groups in total. The number of para-hydroxylation sites is 2. The summed E-state index contributed by atoms with van der Waals surface area (Å²) in [7, 11) is 0. The maximum absolute atomic E-state index is 12.6. The molecule has 0 saturated carbocycles. The summed E-state index contributed by atoms with van der Waals surface area (Å²) in [6, 6.07) is 15.0. The highest BCUT2D eigenvalue weighted by Crippen LogP contribution is 2.16. The third-order valence-electron chi connectivity index (χ3n) is 4.16. The molecule has 0 spiro atoms. The first-order valence-electron chi connectivity index (χ1n) is 8.29. The number of benzene rings is 2. The Labute approximate surface area is 151 Å². The quantitative estimate of drug-likeness (QED) is 0.704. The van der Waals surface area contributed by atoms with E-state index >= 15 is 0 Å². The highest BCUT2D eigenvalue weighted by atomic mass is 35.5. The number of aromatic nitrogens is 2. The second kappa shape index (κ2) is 7.87. The standard InChI is InChI=1S/C19H21ClN2O3/c1-2-21-17-9-5-6-10-18(17)22(19(21)24)11-15(23)13-25-12-14-7-3-4-8-16(14)20/h3-10,15,23H,2,11-13H2,1H3. The number of halogens is 1. The van der Waals surface area contributed by atoms with Crippen molar-refractivity contribution in [3.8, 4) is 0 Å². The monoisotopic (exact) mass is 360 g/mol. The Hall–Kier alpha value is -2.08. The Morgan fingerprint density at radius 1 is 1.08 bits per heavy atom. The number of ether oxygens (including phenoxy) is 1. The second-order valence-corrected chi connectivity index (χ2v) is 6.29. The van der Waals surface area contributed by atoms with Crippen molar-refractivity contribution in [2.45, 2.75) is 32.7 Å². The zero-order valence-electron chi connectivity index (χ0n) is 14.1. The molecule has 0 aliphatic carbocycles. The number of imidazole rings is 1. The predicted molar refractivity (Wildman–Crippen MR) is 99.0 cm³/mol. The van der Waals surface area contributed by atoms with E-state index in [9.17, 15) is 9.90 Å². The molecule has 0 radical (unpaired) electrons. The van der Waals surface area contributed by atoms with Crippen LogP contribution in [0.25, 0.3) is 11.0 Å². The fourth-order valence-electron chi connectivity index (χ4n) is 2.94. The van der Waals surface area contributed by atoms with Gasteiger partial charge in [-0.2, -0.15) is 0 Å². The topological polar surface area (TPSA) is 56.4 Å². The van der Waals surface area contributed by atoms with Gasteiger partial charge in [-0.25, -0.2) is 4.79 Å². The Balaban J connectivity index is 1.68. The lowest BCUT2D eigenvalue weighted by molar-refractivity contribution is 0.0204. The largest absolute Gasteiger partial charge is 0.389 e. The van der Waals surface area contributed by atoms with Gasteiger partial charge in [0, 0.05) is 11.6 Å². The Morgan fingerprint density at radius 3 is 2.40 bits per heavy atom. The number of aryl methyl sites for hydroxylation is 1. The number of nitrogens with zero attached hydrogens (tertiary/aromatic N) is 2. The molecule has 1 unspecified atom stereocenters. The van der Waals surface area contributed by atoms with Crippen LogP contribution in [0.5, 0.6) is 0 Å². The molecule has 3 aromatic rings. The Kier molecular flexibility index (Phi) is 5.58. The molecule has 0 fully saturated rings. The van der Waals surface area contributed by atoms with Crippen LogP contribution in [-0.4, -0.2) is 27.0 Å². The van der Waals surface area contributed by atoms with Gasteiger partial charge in [0.2, 0.25) is 0 Å². The van der Waals surface area contributed by atoms with E-state index in [0.717, 1.165) is 16.6 Å². The minimum Gasteiger partial charge on any atom is -0.389 e. The first-order chi connectivity index (χ1) is 12.1. The minimum atomic E-state index is -0.781.